The number of rotatable bonds is 8. The maximum absolute atomic E-state index is 14.0. The van der Waals surface area contributed by atoms with Crippen LogP contribution in [0.5, 0.6) is 11.5 Å². The predicted octanol–water partition coefficient (Wildman–Crippen LogP) is 5.35. The Morgan fingerprint density at radius 2 is 1.82 bits per heavy atom. The normalized spacial score (nSPS) is 14.7. The highest BCUT2D eigenvalue weighted by atomic mass is 127. The monoisotopic (exact) mass is 670 g/mol. The molecule has 10 nitrogen and oxygen atoms in total. The van der Waals surface area contributed by atoms with E-state index in [1.807, 2.05) is 22.6 Å². The number of amides is 2. The van der Waals surface area contributed by atoms with Crippen LogP contribution in [0.2, 0.25) is 0 Å². The van der Waals surface area contributed by atoms with Crippen molar-refractivity contribution < 1.29 is 36.2 Å². The summed E-state index contributed by atoms with van der Waals surface area (Å²) in [7, 11) is -3.07. The van der Waals surface area contributed by atoms with Crippen molar-refractivity contribution in [1.82, 2.24) is 4.90 Å². The third kappa shape index (κ3) is 5.81. The molecular weight excluding hydrogens is 654 g/mol. The number of methoxy groups -OCH3 is 1. The molecule has 14 heteroatoms. The first-order chi connectivity index (χ1) is 18.0. The highest BCUT2D eigenvalue weighted by Gasteiger charge is 2.35. The molecule has 1 heterocycles. The number of nitro groups is 1. The van der Waals surface area contributed by atoms with E-state index in [-0.39, 0.29) is 39.1 Å². The molecule has 0 aromatic heterocycles. The zero-order valence-corrected chi connectivity index (χ0v) is 23.1. The molecule has 1 aliphatic heterocycles. The van der Waals surface area contributed by atoms with Crippen LogP contribution in [0.4, 0.5) is 14.9 Å². The van der Waals surface area contributed by atoms with Crippen molar-refractivity contribution in [3.8, 4) is 11.5 Å². The topological polar surface area (TPSA) is 133 Å². The van der Waals surface area contributed by atoms with Crippen molar-refractivity contribution >= 4 is 67.4 Å². The molecule has 0 aliphatic carbocycles. The minimum atomic E-state index is -4.37. The Morgan fingerprint density at radius 1 is 1.13 bits per heavy atom. The summed E-state index contributed by atoms with van der Waals surface area (Å²) in [6, 6.07) is 13.0. The van der Waals surface area contributed by atoms with Crippen molar-refractivity contribution in [3.05, 3.63) is 96.2 Å². The molecule has 1 fully saturated rings. The van der Waals surface area contributed by atoms with Gasteiger partial charge in [-0.15, -0.1) is 0 Å². The third-order valence-corrected chi connectivity index (χ3v) is 8.18. The van der Waals surface area contributed by atoms with Crippen LogP contribution < -0.4 is 8.92 Å². The number of nitro benzene ring substituents is 1. The molecular formula is C24H16FIN2O8S2. The number of carbonyl (C=O) groups excluding carboxylic acids is 2. The Morgan fingerprint density at radius 3 is 2.45 bits per heavy atom. The summed E-state index contributed by atoms with van der Waals surface area (Å²) in [6.45, 7) is -0.219. The summed E-state index contributed by atoms with van der Waals surface area (Å²) < 4.78 is 50.5. The fraction of sp³-hybridized carbons (Fsp3) is 0.0833. The van der Waals surface area contributed by atoms with Gasteiger partial charge in [0.05, 0.1) is 27.1 Å². The minimum absolute atomic E-state index is 0.0271. The fourth-order valence-electron chi connectivity index (χ4n) is 3.38. The van der Waals surface area contributed by atoms with Crippen molar-refractivity contribution in [2.75, 3.05) is 7.11 Å². The number of ether oxygens (including phenoxy) is 1. The Hall–Kier alpha value is -3.50. The first-order valence-electron chi connectivity index (χ1n) is 10.6. The maximum atomic E-state index is 14.0. The Kier molecular flexibility index (Phi) is 8.03. The molecule has 2 amide bonds. The van der Waals surface area contributed by atoms with Crippen LogP contribution in [0, 0.1) is 19.5 Å². The number of hydrogen-bond acceptors (Lipinski definition) is 9. The Balaban J connectivity index is 1.59. The molecule has 196 valence electrons. The number of imide groups is 1. The molecule has 0 saturated carbocycles. The second-order valence-electron chi connectivity index (χ2n) is 7.68. The molecule has 0 atom stereocenters. The van der Waals surface area contributed by atoms with E-state index >= 15 is 0 Å². The zero-order chi connectivity index (χ0) is 27.6. The van der Waals surface area contributed by atoms with E-state index in [1.165, 1.54) is 43.5 Å². The lowest BCUT2D eigenvalue weighted by Gasteiger charge is -2.14. The Labute approximate surface area is 233 Å². The van der Waals surface area contributed by atoms with Crippen LogP contribution in [-0.2, 0) is 21.5 Å². The molecule has 4 rings (SSSR count). The average molecular weight is 670 g/mol. The van der Waals surface area contributed by atoms with Gasteiger partial charge in [0.15, 0.2) is 11.5 Å². The van der Waals surface area contributed by atoms with Gasteiger partial charge in [0.2, 0.25) is 0 Å². The molecule has 3 aromatic rings. The van der Waals surface area contributed by atoms with Crippen molar-refractivity contribution in [2.45, 2.75) is 11.4 Å². The summed E-state index contributed by atoms with van der Waals surface area (Å²) in [4.78, 5) is 36.2. The van der Waals surface area contributed by atoms with Gasteiger partial charge in [0.1, 0.15) is 10.7 Å². The number of benzene rings is 3. The average Bonchev–Trinajstić information content (AvgIpc) is 3.14. The highest BCUT2D eigenvalue weighted by molar-refractivity contribution is 14.1. The van der Waals surface area contributed by atoms with Crippen molar-refractivity contribution in [3.63, 3.8) is 0 Å². The summed E-state index contributed by atoms with van der Waals surface area (Å²) in [5.41, 5.74) is 0.338. The second kappa shape index (κ2) is 11.1. The van der Waals surface area contributed by atoms with Crippen LogP contribution in [0.25, 0.3) is 6.08 Å². The van der Waals surface area contributed by atoms with Gasteiger partial charge in [-0.25, -0.2) is 4.39 Å². The summed E-state index contributed by atoms with van der Waals surface area (Å²) in [6.07, 6.45) is 1.44. The lowest BCUT2D eigenvalue weighted by Crippen LogP contribution is -2.27. The molecule has 0 radical (unpaired) electrons. The van der Waals surface area contributed by atoms with Crippen LogP contribution in [0.1, 0.15) is 11.1 Å². The summed E-state index contributed by atoms with van der Waals surface area (Å²) in [5, 5.41) is 10.3. The molecule has 0 N–H and O–H groups in total. The SMILES string of the molecule is COc1cc(/C=C2\SC(=O)N(Cc3ccccc3F)C2=O)cc(I)c1OS(=O)(=O)c1ccc([N+](=O)[O-])cc1. The minimum Gasteiger partial charge on any atom is -0.493 e. The second-order valence-corrected chi connectivity index (χ2v) is 11.4. The maximum Gasteiger partial charge on any atom is 0.339 e. The fourth-order valence-corrected chi connectivity index (χ4v) is 6.06. The lowest BCUT2D eigenvalue weighted by molar-refractivity contribution is -0.384. The van der Waals surface area contributed by atoms with Crippen LogP contribution in [-0.4, -0.2) is 36.5 Å². The van der Waals surface area contributed by atoms with Gasteiger partial charge in [-0.3, -0.25) is 24.6 Å². The van der Waals surface area contributed by atoms with Crippen molar-refractivity contribution in [1.29, 1.82) is 0 Å². The van der Waals surface area contributed by atoms with E-state index in [1.54, 1.807) is 6.07 Å². The third-order valence-electron chi connectivity index (χ3n) is 5.24. The molecule has 3 aromatic carbocycles. The Bertz CT molecular complexity index is 1590. The van der Waals surface area contributed by atoms with E-state index in [9.17, 15) is 32.5 Å². The van der Waals surface area contributed by atoms with E-state index in [0.717, 1.165) is 29.2 Å². The molecule has 0 spiro atoms. The van der Waals surface area contributed by atoms with Gasteiger partial charge in [0.25, 0.3) is 16.8 Å². The molecule has 1 aliphatic rings. The van der Waals surface area contributed by atoms with Crippen LogP contribution >= 0.6 is 34.4 Å². The summed E-state index contributed by atoms with van der Waals surface area (Å²) >= 11 is 2.52. The largest absolute Gasteiger partial charge is 0.493 e. The quantitative estimate of drug-likeness (QED) is 0.102. The predicted molar refractivity (Wildman–Crippen MR) is 145 cm³/mol. The van der Waals surface area contributed by atoms with Gasteiger partial charge >= 0.3 is 10.1 Å². The standard InChI is InChI=1S/C24H16FIN2O8S2/c1-35-20-11-14(12-21-23(29)27(24(30)37-21)13-15-4-2-3-5-18(15)25)10-19(26)22(20)36-38(33,34)17-8-6-16(7-9-17)28(31)32/h2-12H,13H2,1H3/b21-12-. The van der Waals surface area contributed by atoms with E-state index < -0.39 is 32.0 Å². The number of halogens is 2. The van der Waals surface area contributed by atoms with Gasteiger partial charge in [-0.1, -0.05) is 18.2 Å². The number of hydrogen-bond donors (Lipinski definition) is 0. The zero-order valence-electron chi connectivity index (χ0n) is 19.3. The first-order valence-corrected chi connectivity index (χ1v) is 13.9. The molecule has 0 bridgehead atoms. The van der Waals surface area contributed by atoms with Gasteiger partial charge < -0.3 is 8.92 Å². The number of carbonyl (C=O) groups is 2. The number of thioether (sulfide) groups is 1. The smallest absolute Gasteiger partial charge is 0.339 e. The van der Waals surface area contributed by atoms with Gasteiger partial charge in [0, 0.05) is 17.7 Å². The van der Waals surface area contributed by atoms with Crippen LogP contribution in [0.15, 0.2) is 70.5 Å². The summed E-state index contributed by atoms with van der Waals surface area (Å²) in [5.74, 6) is -1.23. The van der Waals surface area contributed by atoms with E-state index in [4.69, 9.17) is 8.92 Å². The van der Waals surface area contributed by atoms with Crippen molar-refractivity contribution in [2.24, 2.45) is 0 Å². The number of nitrogens with zero attached hydrogens (tertiary/aromatic N) is 2. The number of non-ortho nitro benzene ring substituents is 1. The lowest BCUT2D eigenvalue weighted by atomic mass is 10.1. The molecule has 0 unspecified atom stereocenters. The highest BCUT2D eigenvalue weighted by Crippen LogP contribution is 2.39. The molecule has 1 saturated heterocycles. The van der Waals surface area contributed by atoms with E-state index in [0.29, 0.717) is 20.9 Å². The molecule has 38 heavy (non-hydrogen) atoms. The van der Waals surface area contributed by atoms with E-state index in [2.05, 4.69) is 0 Å². The van der Waals surface area contributed by atoms with Gasteiger partial charge in [-0.05, 0) is 76.3 Å². The first kappa shape index (κ1) is 27.5. The van der Waals surface area contributed by atoms with Crippen LogP contribution in [0.3, 0.4) is 0 Å². The van der Waals surface area contributed by atoms with Gasteiger partial charge in [-0.2, -0.15) is 8.42 Å².